The predicted octanol–water partition coefficient (Wildman–Crippen LogP) is 3.85. The van der Waals surface area contributed by atoms with E-state index in [9.17, 15) is 4.79 Å². The summed E-state index contributed by atoms with van der Waals surface area (Å²) in [5.74, 6) is -0.0687. The van der Waals surface area contributed by atoms with Crippen molar-refractivity contribution < 1.29 is 9.69 Å². The van der Waals surface area contributed by atoms with Gasteiger partial charge in [-0.25, -0.2) is 4.98 Å². The normalized spacial score (nSPS) is 11.4. The number of benzene rings is 1. The van der Waals surface area contributed by atoms with Crippen molar-refractivity contribution in [3.8, 4) is 0 Å². The summed E-state index contributed by atoms with van der Waals surface area (Å²) < 4.78 is 1.58. The molecule has 0 saturated heterocycles. The molecule has 3 rings (SSSR count). The monoisotopic (exact) mass is 414 g/mol. The Labute approximate surface area is 164 Å². The van der Waals surface area contributed by atoms with E-state index in [0.717, 1.165) is 23.2 Å². The highest BCUT2D eigenvalue weighted by Gasteiger charge is 2.23. The van der Waals surface area contributed by atoms with Gasteiger partial charge >= 0.3 is 0 Å². The van der Waals surface area contributed by atoms with Gasteiger partial charge in [0, 0.05) is 13.0 Å². The minimum Gasteiger partial charge on any atom is -0.340 e. The van der Waals surface area contributed by atoms with Gasteiger partial charge in [0.05, 0.1) is 39.6 Å². The lowest BCUT2D eigenvalue weighted by molar-refractivity contribution is -0.858. The minimum atomic E-state index is -0.0687. The van der Waals surface area contributed by atoms with E-state index in [1.807, 2.05) is 18.2 Å². The zero-order valence-corrected chi connectivity index (χ0v) is 17.0. The largest absolute Gasteiger partial charge is 0.340 e. The second-order valence-electron chi connectivity index (χ2n) is 5.95. The van der Waals surface area contributed by atoms with Gasteiger partial charge in [-0.15, -0.1) is 11.3 Å². The molecule has 0 aliphatic heterocycles. The second kappa shape index (κ2) is 8.01. The molecule has 1 aromatic carbocycles. The summed E-state index contributed by atoms with van der Waals surface area (Å²) in [6.45, 7) is 1.58. The van der Waals surface area contributed by atoms with Crippen molar-refractivity contribution in [3.05, 3.63) is 44.6 Å². The van der Waals surface area contributed by atoms with Crippen LogP contribution in [0.4, 0.5) is 5.13 Å². The number of nitrogens with zero attached hydrogens (tertiary/aromatic N) is 2. The SMILES string of the molecule is C[NH+](C)CCCN(C(=O)c1ccc(Cl)s1)c1nc2c(Cl)cccc2s1. The Hall–Kier alpha value is -1.18. The number of quaternary nitrogens is 1. The molecular formula is C17H18Cl2N3OS2+. The van der Waals surface area contributed by atoms with Crippen LogP contribution >= 0.6 is 45.9 Å². The molecule has 3 aromatic rings. The van der Waals surface area contributed by atoms with E-state index in [2.05, 4.69) is 19.1 Å². The number of aromatic nitrogens is 1. The van der Waals surface area contributed by atoms with Gasteiger partial charge in [0.25, 0.3) is 5.91 Å². The molecule has 2 aromatic heterocycles. The Kier molecular flexibility index (Phi) is 5.96. The Morgan fingerprint density at radius 1 is 1.20 bits per heavy atom. The van der Waals surface area contributed by atoms with Crippen LogP contribution in [0.5, 0.6) is 0 Å². The number of thiophene rings is 1. The summed E-state index contributed by atoms with van der Waals surface area (Å²) >= 11 is 15.0. The van der Waals surface area contributed by atoms with E-state index < -0.39 is 0 Å². The third-order valence-corrected chi connectivity index (χ3v) is 6.24. The first-order valence-electron chi connectivity index (χ1n) is 7.87. The number of hydrogen-bond acceptors (Lipinski definition) is 4. The molecule has 1 amide bonds. The number of hydrogen-bond donors (Lipinski definition) is 1. The van der Waals surface area contributed by atoms with Crippen LogP contribution in [0.25, 0.3) is 10.2 Å². The standard InChI is InChI=1S/C17H17Cl2N3OS2/c1-21(2)9-4-10-22(16(23)13-7-8-14(19)24-13)17-20-15-11(18)5-3-6-12(15)25-17/h3,5-8H,4,9-10H2,1-2H3/p+1. The molecule has 0 aliphatic rings. The third kappa shape index (κ3) is 4.33. The zero-order valence-electron chi connectivity index (χ0n) is 13.9. The van der Waals surface area contributed by atoms with Crippen molar-refractivity contribution in [2.45, 2.75) is 6.42 Å². The van der Waals surface area contributed by atoms with Gasteiger partial charge in [0.1, 0.15) is 5.52 Å². The zero-order chi connectivity index (χ0) is 18.0. The quantitative estimate of drug-likeness (QED) is 0.664. The topological polar surface area (TPSA) is 37.6 Å². The van der Waals surface area contributed by atoms with Crippen LogP contribution in [0, 0.1) is 0 Å². The Morgan fingerprint density at radius 2 is 2.00 bits per heavy atom. The number of fused-ring (bicyclic) bond motifs is 1. The van der Waals surface area contributed by atoms with Gasteiger partial charge < -0.3 is 4.90 Å². The minimum absolute atomic E-state index is 0.0687. The van der Waals surface area contributed by atoms with E-state index in [1.165, 1.54) is 27.6 Å². The summed E-state index contributed by atoms with van der Waals surface area (Å²) in [6, 6.07) is 9.19. The summed E-state index contributed by atoms with van der Waals surface area (Å²) in [6.07, 6.45) is 0.886. The van der Waals surface area contributed by atoms with Crippen LogP contribution in [0.2, 0.25) is 9.36 Å². The van der Waals surface area contributed by atoms with Crippen molar-refractivity contribution in [1.29, 1.82) is 0 Å². The number of thiazole rings is 1. The van der Waals surface area contributed by atoms with Gasteiger partial charge in [-0.3, -0.25) is 9.69 Å². The van der Waals surface area contributed by atoms with Crippen molar-refractivity contribution in [2.24, 2.45) is 0 Å². The number of halogens is 2. The molecule has 0 bridgehead atoms. The lowest BCUT2D eigenvalue weighted by Crippen LogP contribution is -3.05. The number of carbonyl (C=O) groups excluding carboxylic acids is 1. The highest BCUT2D eigenvalue weighted by atomic mass is 35.5. The van der Waals surface area contributed by atoms with Crippen molar-refractivity contribution in [1.82, 2.24) is 4.98 Å². The maximum Gasteiger partial charge on any atom is 0.270 e. The molecule has 0 unspecified atom stereocenters. The summed E-state index contributed by atoms with van der Waals surface area (Å²) in [4.78, 5) is 21.3. The van der Waals surface area contributed by atoms with Gasteiger partial charge in [0.2, 0.25) is 0 Å². The van der Waals surface area contributed by atoms with Crippen LogP contribution in [0.3, 0.4) is 0 Å². The molecule has 0 saturated carbocycles. The number of nitrogens with one attached hydrogen (secondary N) is 1. The van der Waals surface area contributed by atoms with E-state index >= 15 is 0 Å². The van der Waals surface area contributed by atoms with Gasteiger partial charge in [0.15, 0.2) is 5.13 Å². The average Bonchev–Trinajstić information content (AvgIpc) is 3.18. The van der Waals surface area contributed by atoms with Crippen molar-refractivity contribution >= 4 is 67.1 Å². The first kappa shape index (κ1) is 18.6. The molecule has 132 valence electrons. The number of rotatable bonds is 6. The van der Waals surface area contributed by atoms with Gasteiger partial charge in [-0.05, 0) is 24.3 Å². The van der Waals surface area contributed by atoms with Crippen LogP contribution < -0.4 is 9.80 Å². The molecule has 1 N–H and O–H groups in total. The summed E-state index contributed by atoms with van der Waals surface area (Å²) in [7, 11) is 4.20. The summed E-state index contributed by atoms with van der Waals surface area (Å²) in [5.41, 5.74) is 0.740. The molecule has 0 spiro atoms. The Bertz CT molecular complexity index is 891. The smallest absolute Gasteiger partial charge is 0.270 e. The van der Waals surface area contributed by atoms with Crippen LogP contribution in [-0.4, -0.2) is 38.1 Å². The molecule has 8 heteroatoms. The van der Waals surface area contributed by atoms with E-state index in [1.54, 1.807) is 17.0 Å². The second-order valence-corrected chi connectivity index (χ2v) is 9.09. The first-order valence-corrected chi connectivity index (χ1v) is 10.3. The average molecular weight is 415 g/mol. The maximum absolute atomic E-state index is 13.0. The summed E-state index contributed by atoms with van der Waals surface area (Å²) in [5, 5.41) is 1.27. The Morgan fingerprint density at radius 3 is 2.64 bits per heavy atom. The molecule has 25 heavy (non-hydrogen) atoms. The van der Waals surface area contributed by atoms with E-state index in [4.69, 9.17) is 23.2 Å². The van der Waals surface area contributed by atoms with Gasteiger partial charge in [-0.1, -0.05) is 40.6 Å². The number of para-hydroxylation sites is 1. The number of anilines is 1. The van der Waals surface area contributed by atoms with Crippen LogP contribution in [0.1, 0.15) is 16.1 Å². The fourth-order valence-corrected chi connectivity index (χ4v) is 4.74. The molecule has 2 heterocycles. The molecule has 0 aliphatic carbocycles. The maximum atomic E-state index is 13.0. The lowest BCUT2D eigenvalue weighted by Gasteiger charge is -2.19. The van der Waals surface area contributed by atoms with E-state index in [0.29, 0.717) is 25.9 Å². The van der Waals surface area contributed by atoms with Crippen molar-refractivity contribution in [3.63, 3.8) is 0 Å². The predicted molar refractivity (Wildman–Crippen MR) is 108 cm³/mol. The molecule has 0 fully saturated rings. The molecule has 4 nitrogen and oxygen atoms in total. The molecule has 0 radical (unpaired) electrons. The molecule has 0 atom stereocenters. The lowest BCUT2D eigenvalue weighted by atomic mass is 10.3. The van der Waals surface area contributed by atoms with Crippen LogP contribution in [0.15, 0.2) is 30.3 Å². The van der Waals surface area contributed by atoms with Crippen molar-refractivity contribution in [2.75, 3.05) is 32.1 Å². The Balaban J connectivity index is 1.93. The van der Waals surface area contributed by atoms with Gasteiger partial charge in [-0.2, -0.15) is 0 Å². The van der Waals surface area contributed by atoms with Crippen LogP contribution in [-0.2, 0) is 0 Å². The molecular weight excluding hydrogens is 397 g/mol. The highest BCUT2D eigenvalue weighted by Crippen LogP contribution is 2.34. The number of amides is 1. The fraction of sp³-hybridized carbons (Fsp3) is 0.294. The third-order valence-electron chi connectivity index (χ3n) is 3.68. The van der Waals surface area contributed by atoms with E-state index in [-0.39, 0.29) is 5.91 Å². The fourth-order valence-electron chi connectivity index (χ4n) is 2.46. The first-order chi connectivity index (χ1) is 12.0. The number of carbonyl (C=O) groups is 1. The highest BCUT2D eigenvalue weighted by molar-refractivity contribution is 7.22.